The summed E-state index contributed by atoms with van der Waals surface area (Å²) in [6.07, 6.45) is 6.68. The van der Waals surface area contributed by atoms with Gasteiger partial charge in [0.25, 0.3) is 0 Å². The number of carbonyl (C=O) groups is 1. The smallest absolute Gasteiger partial charge is 0.228 e. The van der Waals surface area contributed by atoms with Crippen LogP contribution in [0.5, 0.6) is 0 Å². The molecule has 0 unspecified atom stereocenters. The molecule has 0 aromatic carbocycles. The monoisotopic (exact) mass is 236 g/mol. The zero-order chi connectivity index (χ0) is 12.1. The van der Waals surface area contributed by atoms with Crippen LogP contribution in [-0.4, -0.2) is 22.6 Å². The van der Waals surface area contributed by atoms with E-state index in [4.69, 9.17) is 5.11 Å². The average Bonchev–Trinajstić information content (AvgIpc) is 2.83. The van der Waals surface area contributed by atoms with Crippen molar-refractivity contribution < 1.29 is 9.90 Å². The third kappa shape index (κ3) is 3.33. The van der Waals surface area contributed by atoms with E-state index in [1.54, 1.807) is 6.20 Å². The Bertz CT molecular complexity index is 340. The van der Waals surface area contributed by atoms with E-state index in [0.29, 0.717) is 5.92 Å². The largest absolute Gasteiger partial charge is 0.396 e. The molecule has 17 heavy (non-hydrogen) atoms. The topological polar surface area (TPSA) is 65.1 Å². The molecule has 0 atom stereocenters. The molecule has 0 saturated heterocycles. The fraction of sp³-hybridized carbons (Fsp3) is 0.615. The van der Waals surface area contributed by atoms with Gasteiger partial charge >= 0.3 is 0 Å². The van der Waals surface area contributed by atoms with Gasteiger partial charge in [0.1, 0.15) is 5.82 Å². The summed E-state index contributed by atoms with van der Waals surface area (Å²) >= 11 is 0. The van der Waals surface area contributed by atoms with Gasteiger partial charge in [-0.05, 0) is 50.2 Å². The number of hydrogen-bond donors (Lipinski definition) is 3. The van der Waals surface area contributed by atoms with Gasteiger partial charge < -0.3 is 15.4 Å². The number of aliphatic hydroxyl groups is 1. The molecule has 1 amide bonds. The van der Waals surface area contributed by atoms with Crippen LogP contribution in [0.15, 0.2) is 18.3 Å². The van der Waals surface area contributed by atoms with Crippen LogP contribution in [0.1, 0.15) is 32.1 Å². The number of nitrogens with one attached hydrogen (secondary N) is 2. The van der Waals surface area contributed by atoms with Crippen molar-refractivity contribution in [2.75, 3.05) is 11.9 Å². The minimum atomic E-state index is 0.120. The van der Waals surface area contributed by atoms with Crippen molar-refractivity contribution in [2.24, 2.45) is 11.8 Å². The van der Waals surface area contributed by atoms with Crippen molar-refractivity contribution >= 4 is 11.7 Å². The standard InChI is InChI=1S/C13H20N2O2/c16-9-7-10-3-5-11(6-4-10)13(17)15-12-2-1-8-14-12/h1-2,8,10-11,14,16H,3-7,9H2,(H,15,17). The van der Waals surface area contributed by atoms with E-state index < -0.39 is 0 Å². The predicted molar refractivity (Wildman–Crippen MR) is 66.6 cm³/mol. The van der Waals surface area contributed by atoms with Crippen LogP contribution < -0.4 is 5.32 Å². The van der Waals surface area contributed by atoms with Crippen LogP contribution in [-0.2, 0) is 4.79 Å². The Hall–Kier alpha value is -1.29. The molecule has 94 valence electrons. The van der Waals surface area contributed by atoms with E-state index in [9.17, 15) is 4.79 Å². The van der Waals surface area contributed by atoms with Crippen LogP contribution in [0.2, 0.25) is 0 Å². The molecule has 3 N–H and O–H groups in total. The molecule has 1 aromatic rings. The maximum Gasteiger partial charge on any atom is 0.228 e. The summed E-state index contributed by atoms with van der Waals surface area (Å²) in [6.45, 7) is 0.268. The first-order chi connectivity index (χ1) is 8.29. The van der Waals surface area contributed by atoms with E-state index >= 15 is 0 Å². The van der Waals surface area contributed by atoms with Gasteiger partial charge in [0.15, 0.2) is 0 Å². The summed E-state index contributed by atoms with van der Waals surface area (Å²) in [5.41, 5.74) is 0. The lowest BCUT2D eigenvalue weighted by atomic mass is 9.80. The zero-order valence-electron chi connectivity index (χ0n) is 9.98. The van der Waals surface area contributed by atoms with Gasteiger partial charge in [-0.25, -0.2) is 0 Å². The van der Waals surface area contributed by atoms with Crippen molar-refractivity contribution in [3.8, 4) is 0 Å². The highest BCUT2D eigenvalue weighted by molar-refractivity contribution is 5.91. The molecule has 0 aliphatic heterocycles. The Labute approximate surface area is 101 Å². The highest BCUT2D eigenvalue weighted by Crippen LogP contribution is 2.31. The van der Waals surface area contributed by atoms with Gasteiger partial charge in [0.2, 0.25) is 5.91 Å². The highest BCUT2D eigenvalue weighted by atomic mass is 16.3. The lowest BCUT2D eigenvalue weighted by Gasteiger charge is -2.27. The molecule has 4 heteroatoms. The second kappa shape index (κ2) is 5.87. The van der Waals surface area contributed by atoms with Crippen molar-refractivity contribution in [3.63, 3.8) is 0 Å². The zero-order valence-corrected chi connectivity index (χ0v) is 9.98. The van der Waals surface area contributed by atoms with E-state index in [2.05, 4.69) is 10.3 Å². The Morgan fingerprint density at radius 1 is 1.41 bits per heavy atom. The summed E-state index contributed by atoms with van der Waals surface area (Å²) < 4.78 is 0. The molecule has 4 nitrogen and oxygen atoms in total. The lowest BCUT2D eigenvalue weighted by molar-refractivity contribution is -0.121. The molecule has 1 heterocycles. The van der Waals surface area contributed by atoms with Gasteiger partial charge in [-0.3, -0.25) is 4.79 Å². The van der Waals surface area contributed by atoms with Crippen molar-refractivity contribution in [2.45, 2.75) is 32.1 Å². The maximum absolute atomic E-state index is 11.9. The number of hydrogen-bond acceptors (Lipinski definition) is 2. The second-order valence-electron chi connectivity index (χ2n) is 4.80. The number of amides is 1. The molecule has 0 radical (unpaired) electrons. The number of anilines is 1. The SMILES string of the molecule is O=C(Nc1ccc[nH]1)C1CCC(CCO)CC1. The summed E-state index contributed by atoms with van der Waals surface area (Å²) in [5, 5.41) is 11.8. The molecule has 1 aliphatic rings. The van der Waals surface area contributed by atoms with Gasteiger partial charge in [0.05, 0.1) is 0 Å². The predicted octanol–water partition coefficient (Wildman–Crippen LogP) is 2.14. The third-order valence-corrected chi connectivity index (χ3v) is 3.61. The normalized spacial score (nSPS) is 24.5. The Morgan fingerprint density at radius 3 is 2.76 bits per heavy atom. The molecule has 1 saturated carbocycles. The van der Waals surface area contributed by atoms with E-state index in [1.165, 1.54) is 0 Å². The third-order valence-electron chi connectivity index (χ3n) is 3.61. The number of carbonyl (C=O) groups excluding carboxylic acids is 1. The quantitative estimate of drug-likeness (QED) is 0.750. The molecular formula is C13H20N2O2. The molecular weight excluding hydrogens is 216 g/mol. The second-order valence-corrected chi connectivity index (χ2v) is 4.80. The number of aliphatic hydroxyl groups excluding tert-OH is 1. The van der Waals surface area contributed by atoms with Crippen LogP contribution in [0.4, 0.5) is 5.82 Å². The summed E-state index contributed by atoms with van der Waals surface area (Å²) in [4.78, 5) is 14.9. The number of H-pyrrole nitrogens is 1. The van der Waals surface area contributed by atoms with Gasteiger partial charge in [0, 0.05) is 18.7 Å². The number of aromatic amines is 1. The Kier molecular flexibility index (Phi) is 4.20. The van der Waals surface area contributed by atoms with E-state index in [-0.39, 0.29) is 18.4 Å². The van der Waals surface area contributed by atoms with Crippen LogP contribution in [0.25, 0.3) is 0 Å². The Balaban J connectivity index is 1.78. The number of aromatic nitrogens is 1. The molecule has 1 fully saturated rings. The van der Waals surface area contributed by atoms with Crippen LogP contribution in [0.3, 0.4) is 0 Å². The summed E-state index contributed by atoms with van der Waals surface area (Å²) in [5.74, 6) is 1.63. The molecule has 1 aromatic heterocycles. The first-order valence-corrected chi connectivity index (χ1v) is 6.34. The van der Waals surface area contributed by atoms with Crippen molar-refractivity contribution in [1.82, 2.24) is 4.98 Å². The van der Waals surface area contributed by atoms with Gasteiger partial charge in [-0.2, -0.15) is 0 Å². The van der Waals surface area contributed by atoms with Crippen molar-refractivity contribution in [3.05, 3.63) is 18.3 Å². The van der Waals surface area contributed by atoms with Gasteiger partial charge in [-0.15, -0.1) is 0 Å². The van der Waals surface area contributed by atoms with Gasteiger partial charge in [-0.1, -0.05) is 0 Å². The fourth-order valence-electron chi connectivity index (χ4n) is 2.54. The summed E-state index contributed by atoms with van der Waals surface area (Å²) in [6, 6.07) is 3.73. The first-order valence-electron chi connectivity index (χ1n) is 6.34. The number of rotatable bonds is 4. The average molecular weight is 236 g/mol. The maximum atomic E-state index is 11.9. The highest BCUT2D eigenvalue weighted by Gasteiger charge is 2.25. The molecule has 0 spiro atoms. The lowest BCUT2D eigenvalue weighted by Crippen LogP contribution is -2.27. The van der Waals surface area contributed by atoms with E-state index in [1.807, 2.05) is 12.1 Å². The molecule has 0 bridgehead atoms. The minimum absolute atomic E-state index is 0.120. The molecule has 1 aliphatic carbocycles. The fourth-order valence-corrected chi connectivity index (χ4v) is 2.54. The van der Waals surface area contributed by atoms with E-state index in [0.717, 1.165) is 37.9 Å². The minimum Gasteiger partial charge on any atom is -0.396 e. The Morgan fingerprint density at radius 2 is 2.18 bits per heavy atom. The van der Waals surface area contributed by atoms with Crippen LogP contribution >= 0.6 is 0 Å². The van der Waals surface area contributed by atoms with Crippen molar-refractivity contribution in [1.29, 1.82) is 0 Å². The van der Waals surface area contributed by atoms with Crippen LogP contribution in [0, 0.1) is 11.8 Å². The first kappa shape index (κ1) is 12.2. The summed E-state index contributed by atoms with van der Waals surface area (Å²) in [7, 11) is 0. The molecule has 2 rings (SSSR count).